The fraction of sp³-hybridized carbons (Fsp3) is 0.100. The molecule has 11 heavy (non-hydrogen) atoms. The van der Waals surface area contributed by atoms with E-state index >= 15 is 0 Å². The van der Waals surface area contributed by atoms with E-state index in [9.17, 15) is 0 Å². The molecule has 0 atom stereocenters. The van der Waals surface area contributed by atoms with Gasteiger partial charge in [-0.3, -0.25) is 0 Å². The first-order chi connectivity index (χ1) is 5.47. The lowest BCUT2D eigenvalue weighted by molar-refractivity contribution is 1.51. The zero-order valence-electron chi connectivity index (χ0n) is 6.20. The van der Waals surface area contributed by atoms with Crippen molar-refractivity contribution >= 4 is 13.5 Å². The zero-order valence-corrected chi connectivity index (χ0v) is 7.09. The topological polar surface area (TPSA) is 0 Å². The molecular formula is C10H9P. The molecule has 0 saturated carbocycles. The Labute approximate surface area is 68.4 Å². The van der Waals surface area contributed by atoms with Crippen LogP contribution in [0.25, 0.3) is 0 Å². The molecule has 2 rings (SSSR count). The van der Waals surface area contributed by atoms with Crippen LogP contribution in [0.2, 0.25) is 0 Å². The average Bonchev–Trinajstić information content (AvgIpc) is 2.58. The molecule has 0 aliphatic carbocycles. The summed E-state index contributed by atoms with van der Waals surface area (Å²) in [6.45, 7) is 0. The standard InChI is InChI=1S/C10H9P/c1-2-5-9(6-3-1)10-7-4-8-11-10/h1-6,8H,7H2. The average molecular weight is 160 g/mol. The molecule has 1 aromatic rings. The van der Waals surface area contributed by atoms with Crippen molar-refractivity contribution in [1.29, 1.82) is 0 Å². The molecule has 1 aliphatic rings. The van der Waals surface area contributed by atoms with Crippen LogP contribution in [-0.2, 0) is 0 Å². The maximum Gasteiger partial charge on any atom is -0.00412 e. The van der Waals surface area contributed by atoms with Crippen LogP contribution in [0.15, 0.2) is 42.2 Å². The number of hydrogen-bond donors (Lipinski definition) is 0. The quantitative estimate of drug-likeness (QED) is 0.554. The zero-order chi connectivity index (χ0) is 7.52. The summed E-state index contributed by atoms with van der Waals surface area (Å²) in [5.41, 5.74) is 1.39. The summed E-state index contributed by atoms with van der Waals surface area (Å²) in [5, 5.41) is 1.52. The van der Waals surface area contributed by atoms with Gasteiger partial charge in [0.25, 0.3) is 0 Å². The summed E-state index contributed by atoms with van der Waals surface area (Å²) >= 11 is 0. The summed E-state index contributed by atoms with van der Waals surface area (Å²) < 4.78 is 0. The number of rotatable bonds is 1. The Bertz CT molecular complexity index is 296. The molecule has 0 radical (unpaired) electrons. The van der Waals surface area contributed by atoms with Crippen molar-refractivity contribution in [3.8, 4) is 0 Å². The summed E-state index contributed by atoms with van der Waals surface area (Å²) in [6.07, 6.45) is 3.36. The first-order valence-electron chi connectivity index (χ1n) is 3.74. The van der Waals surface area contributed by atoms with E-state index in [4.69, 9.17) is 0 Å². The smallest absolute Gasteiger partial charge is 0.00412 e. The van der Waals surface area contributed by atoms with Crippen LogP contribution in [0.3, 0.4) is 0 Å². The van der Waals surface area contributed by atoms with E-state index in [-0.39, 0.29) is 0 Å². The van der Waals surface area contributed by atoms with Gasteiger partial charge in [-0.15, -0.1) is 0 Å². The molecule has 1 aliphatic heterocycles. The molecule has 0 saturated heterocycles. The summed E-state index contributed by atoms with van der Waals surface area (Å²) in [5.74, 6) is 2.21. The van der Waals surface area contributed by atoms with E-state index in [1.165, 1.54) is 19.1 Å². The minimum absolute atomic E-state index is 1.13. The van der Waals surface area contributed by atoms with Crippen molar-refractivity contribution in [3.05, 3.63) is 47.8 Å². The minimum atomic E-state index is 1.13. The van der Waals surface area contributed by atoms with Gasteiger partial charge in [-0.25, -0.2) is 0 Å². The van der Waals surface area contributed by atoms with Gasteiger partial charge in [0, 0.05) is 0 Å². The largest absolute Gasteiger partial charge is 0.0752 e. The maximum absolute atomic E-state index is 2.23. The summed E-state index contributed by atoms with van der Waals surface area (Å²) in [4.78, 5) is 0. The van der Waals surface area contributed by atoms with Crippen molar-refractivity contribution in [2.75, 3.05) is 0 Å². The lowest BCUT2D eigenvalue weighted by Gasteiger charge is -1.98. The van der Waals surface area contributed by atoms with Crippen molar-refractivity contribution in [3.63, 3.8) is 0 Å². The van der Waals surface area contributed by atoms with E-state index in [0.29, 0.717) is 0 Å². The normalized spacial score (nSPS) is 16.5. The van der Waals surface area contributed by atoms with Crippen molar-refractivity contribution in [1.82, 2.24) is 0 Å². The molecule has 1 aromatic carbocycles. The Morgan fingerprint density at radius 3 is 2.55 bits per heavy atom. The third-order valence-corrected chi connectivity index (χ3v) is 2.87. The van der Waals surface area contributed by atoms with E-state index in [2.05, 4.69) is 42.2 Å². The highest BCUT2D eigenvalue weighted by Crippen LogP contribution is 2.19. The highest BCUT2D eigenvalue weighted by Gasteiger charge is 2.01. The van der Waals surface area contributed by atoms with Gasteiger partial charge in [-0.1, -0.05) is 44.6 Å². The number of hydrogen-bond acceptors (Lipinski definition) is 0. The Hall–Kier alpha value is -0.870. The van der Waals surface area contributed by atoms with Crippen molar-refractivity contribution in [2.24, 2.45) is 0 Å². The van der Waals surface area contributed by atoms with E-state index < -0.39 is 0 Å². The fourth-order valence-electron chi connectivity index (χ4n) is 1.18. The molecule has 0 bridgehead atoms. The van der Waals surface area contributed by atoms with Gasteiger partial charge in [0.05, 0.1) is 0 Å². The molecule has 0 amide bonds. The summed E-state index contributed by atoms with van der Waals surface area (Å²) in [6, 6.07) is 10.6. The van der Waals surface area contributed by atoms with Crippen LogP contribution in [-0.4, -0.2) is 5.29 Å². The molecule has 0 nitrogen and oxygen atoms in total. The minimum Gasteiger partial charge on any atom is -0.0752 e. The lowest BCUT2D eigenvalue weighted by atomic mass is 10.1. The third kappa shape index (κ3) is 1.41. The Kier molecular flexibility index (Phi) is 1.87. The Balaban J connectivity index is 2.31. The maximum atomic E-state index is 2.23. The van der Waals surface area contributed by atoms with Gasteiger partial charge in [0.2, 0.25) is 0 Å². The van der Waals surface area contributed by atoms with Crippen LogP contribution < -0.4 is 0 Å². The van der Waals surface area contributed by atoms with Gasteiger partial charge < -0.3 is 0 Å². The molecule has 1 heteroatoms. The van der Waals surface area contributed by atoms with Crippen LogP contribution in [0.4, 0.5) is 0 Å². The third-order valence-electron chi connectivity index (χ3n) is 1.75. The molecule has 0 unspecified atom stereocenters. The predicted molar refractivity (Wildman–Crippen MR) is 51.2 cm³/mol. The van der Waals surface area contributed by atoms with Gasteiger partial charge in [-0.05, 0) is 23.1 Å². The Morgan fingerprint density at radius 1 is 1.09 bits per heavy atom. The highest BCUT2D eigenvalue weighted by atomic mass is 31.1. The monoisotopic (exact) mass is 160 g/mol. The first kappa shape index (κ1) is 6.82. The van der Waals surface area contributed by atoms with Crippen LogP contribution >= 0.6 is 8.20 Å². The molecule has 0 fully saturated rings. The van der Waals surface area contributed by atoms with Crippen LogP contribution in [0.5, 0.6) is 0 Å². The van der Waals surface area contributed by atoms with Crippen molar-refractivity contribution in [2.45, 2.75) is 6.42 Å². The Morgan fingerprint density at radius 2 is 1.91 bits per heavy atom. The second-order valence-corrected chi connectivity index (χ2v) is 3.63. The SMILES string of the molecule is C1=CP=C(c2ccccc2)C1. The molecular weight excluding hydrogens is 151 g/mol. The van der Waals surface area contributed by atoms with Gasteiger partial charge in [0.1, 0.15) is 0 Å². The van der Waals surface area contributed by atoms with E-state index in [1.807, 2.05) is 0 Å². The molecule has 54 valence electrons. The molecule has 0 N–H and O–H groups in total. The fourth-order valence-corrected chi connectivity index (χ4v) is 2.08. The molecule has 0 aromatic heterocycles. The second-order valence-electron chi connectivity index (χ2n) is 2.53. The van der Waals surface area contributed by atoms with Crippen LogP contribution in [0.1, 0.15) is 12.0 Å². The highest BCUT2D eigenvalue weighted by molar-refractivity contribution is 7.45. The van der Waals surface area contributed by atoms with E-state index in [0.717, 1.165) is 6.42 Å². The van der Waals surface area contributed by atoms with Gasteiger partial charge in [0.15, 0.2) is 0 Å². The van der Waals surface area contributed by atoms with E-state index in [1.54, 1.807) is 0 Å². The molecule has 0 spiro atoms. The second kappa shape index (κ2) is 3.02. The van der Waals surface area contributed by atoms with Gasteiger partial charge >= 0.3 is 0 Å². The van der Waals surface area contributed by atoms with Crippen molar-refractivity contribution < 1.29 is 0 Å². The number of benzene rings is 1. The summed E-state index contributed by atoms with van der Waals surface area (Å²) in [7, 11) is 1.37. The first-order valence-corrected chi connectivity index (χ1v) is 4.70. The lowest BCUT2D eigenvalue weighted by Crippen LogP contribution is -1.91. The predicted octanol–water partition coefficient (Wildman–Crippen LogP) is 3.07. The molecule has 1 heterocycles. The van der Waals surface area contributed by atoms with Crippen LogP contribution in [0, 0.1) is 0 Å². The number of allylic oxidation sites excluding steroid dienone is 1. The van der Waals surface area contributed by atoms with Gasteiger partial charge in [-0.2, -0.15) is 0 Å².